The summed E-state index contributed by atoms with van der Waals surface area (Å²) in [4.78, 5) is 29.2. The first kappa shape index (κ1) is 41.5. The predicted molar refractivity (Wildman–Crippen MR) is 186 cm³/mol. The summed E-state index contributed by atoms with van der Waals surface area (Å²) in [7, 11) is 0. The predicted octanol–water partition coefficient (Wildman–Crippen LogP) is 9.03. The van der Waals surface area contributed by atoms with Gasteiger partial charge in [0.25, 0.3) is 0 Å². The Balaban J connectivity index is 0.000000281. The molecule has 4 rings (SSSR count). The Hall–Kier alpha value is -4.92. The third kappa shape index (κ3) is 13.3. The SMILES string of the molecule is CC(C)CCSc1ncccc1-c1cc(F)c(OCCCC(=O)O)c(F)c1.O=C(O)CCCOc1c(F)cc(-c2cccnc2OCCF)cc1F. The Bertz CT molecular complexity index is 1730. The minimum atomic E-state index is -1.02. The zero-order valence-electron chi connectivity index (χ0n) is 28.6. The van der Waals surface area contributed by atoms with Gasteiger partial charge in [0.05, 0.1) is 13.2 Å². The first-order valence-corrected chi connectivity index (χ1v) is 17.3. The summed E-state index contributed by atoms with van der Waals surface area (Å²) >= 11 is 1.56. The Morgan fingerprint density at radius 1 is 0.731 bits per heavy atom. The minimum Gasteiger partial charge on any atom is -0.488 e. The number of carboxylic acid groups (broad SMARTS) is 2. The Morgan fingerprint density at radius 2 is 1.21 bits per heavy atom. The van der Waals surface area contributed by atoms with E-state index in [1.807, 2.05) is 0 Å². The van der Waals surface area contributed by atoms with Crippen LogP contribution in [0.5, 0.6) is 17.4 Å². The molecule has 0 radical (unpaired) electrons. The van der Waals surface area contributed by atoms with Crippen molar-refractivity contribution >= 4 is 23.7 Å². The van der Waals surface area contributed by atoms with Gasteiger partial charge in [-0.1, -0.05) is 19.9 Å². The zero-order chi connectivity index (χ0) is 38.0. The van der Waals surface area contributed by atoms with Crippen molar-refractivity contribution < 1.29 is 56.0 Å². The number of aliphatic carboxylic acids is 2. The van der Waals surface area contributed by atoms with Gasteiger partial charge in [0.1, 0.15) is 18.3 Å². The second kappa shape index (κ2) is 21.4. The van der Waals surface area contributed by atoms with Crippen molar-refractivity contribution in [2.75, 3.05) is 32.2 Å². The smallest absolute Gasteiger partial charge is 0.303 e. The number of carbonyl (C=O) groups is 2. The van der Waals surface area contributed by atoms with Crippen molar-refractivity contribution in [2.45, 2.75) is 51.0 Å². The molecule has 2 heterocycles. The number of halogens is 5. The average molecular weight is 751 g/mol. The van der Waals surface area contributed by atoms with Gasteiger partial charge in [0.2, 0.25) is 5.88 Å². The standard InChI is InChI=1S/C20H23F2NO3S.C17H16F3NO4/c1-13(2)7-10-27-20-15(5-3-8-23-20)14-11-16(21)19(17(22)12-14)26-9-4-6-18(24)25;18-5-8-25-17-12(3-1-6-21-17)11-9-13(19)16(14(20)10-11)24-7-2-4-15(22)23/h3,5,8,11-13H,4,6-7,9-10H2,1-2H3,(H,24,25);1,3,6,9-10H,2,4-5,7-8H2,(H,22,23). The lowest BCUT2D eigenvalue weighted by Gasteiger charge is -2.12. The van der Waals surface area contributed by atoms with E-state index in [9.17, 15) is 31.5 Å². The molecule has 0 saturated heterocycles. The number of rotatable bonds is 19. The lowest BCUT2D eigenvalue weighted by molar-refractivity contribution is -0.138. The first-order valence-electron chi connectivity index (χ1n) is 16.3. The molecule has 2 N–H and O–H groups in total. The number of carboxylic acids is 2. The molecule has 0 saturated carbocycles. The van der Waals surface area contributed by atoms with E-state index < -0.39 is 53.4 Å². The first-order chi connectivity index (χ1) is 24.9. The quantitative estimate of drug-likeness (QED) is 0.0544. The Kier molecular flexibility index (Phi) is 17.1. The number of hydrogen-bond acceptors (Lipinski definition) is 8. The van der Waals surface area contributed by atoms with Gasteiger partial charge in [0.15, 0.2) is 34.8 Å². The van der Waals surface area contributed by atoms with E-state index >= 15 is 0 Å². The molecular formula is C37H39F5N2O7S. The van der Waals surface area contributed by atoms with Crippen LogP contribution in [0.1, 0.15) is 46.0 Å². The molecule has 2 aromatic carbocycles. The fourth-order valence-electron chi connectivity index (χ4n) is 4.48. The van der Waals surface area contributed by atoms with Crippen molar-refractivity contribution in [3.8, 4) is 39.6 Å². The zero-order valence-corrected chi connectivity index (χ0v) is 29.4. The highest BCUT2D eigenvalue weighted by Gasteiger charge is 2.18. The lowest BCUT2D eigenvalue weighted by atomic mass is 10.1. The highest BCUT2D eigenvalue weighted by Crippen LogP contribution is 2.35. The van der Waals surface area contributed by atoms with Gasteiger partial charge in [-0.3, -0.25) is 9.59 Å². The van der Waals surface area contributed by atoms with Crippen LogP contribution in [-0.4, -0.2) is 64.4 Å². The van der Waals surface area contributed by atoms with E-state index in [0.29, 0.717) is 22.6 Å². The third-order valence-corrected chi connectivity index (χ3v) is 8.01. The summed E-state index contributed by atoms with van der Waals surface area (Å²) in [5.74, 6) is -5.07. The van der Waals surface area contributed by atoms with Crippen LogP contribution in [0.2, 0.25) is 0 Å². The molecule has 9 nitrogen and oxygen atoms in total. The van der Waals surface area contributed by atoms with Crippen LogP contribution in [0.3, 0.4) is 0 Å². The van der Waals surface area contributed by atoms with Gasteiger partial charge in [-0.05, 0) is 84.5 Å². The number of aromatic nitrogens is 2. The maximum atomic E-state index is 14.4. The number of alkyl halides is 1. The van der Waals surface area contributed by atoms with Crippen LogP contribution in [0.15, 0.2) is 66.0 Å². The molecule has 52 heavy (non-hydrogen) atoms. The van der Waals surface area contributed by atoms with E-state index in [0.717, 1.165) is 29.3 Å². The van der Waals surface area contributed by atoms with E-state index in [4.69, 9.17) is 24.4 Å². The summed E-state index contributed by atoms with van der Waals surface area (Å²) in [6.45, 7) is 3.14. The van der Waals surface area contributed by atoms with Crippen molar-refractivity contribution in [3.05, 3.63) is 84.2 Å². The van der Waals surface area contributed by atoms with Gasteiger partial charge in [-0.15, -0.1) is 11.8 Å². The molecule has 0 atom stereocenters. The molecule has 0 amide bonds. The van der Waals surface area contributed by atoms with Gasteiger partial charge in [0, 0.05) is 36.4 Å². The Labute approximate surface area is 302 Å². The molecule has 15 heteroatoms. The number of benzene rings is 2. The van der Waals surface area contributed by atoms with E-state index in [-0.39, 0.29) is 56.9 Å². The molecular weight excluding hydrogens is 711 g/mol. The van der Waals surface area contributed by atoms with Gasteiger partial charge in [-0.2, -0.15) is 0 Å². The number of nitrogens with zero attached hydrogens (tertiary/aromatic N) is 2. The summed E-state index contributed by atoms with van der Waals surface area (Å²) in [6, 6.07) is 11.2. The van der Waals surface area contributed by atoms with Crippen LogP contribution in [-0.2, 0) is 9.59 Å². The van der Waals surface area contributed by atoms with Crippen LogP contribution in [0.25, 0.3) is 22.3 Å². The lowest BCUT2D eigenvalue weighted by Crippen LogP contribution is -2.05. The minimum absolute atomic E-state index is 0.0640. The van der Waals surface area contributed by atoms with E-state index in [2.05, 4.69) is 23.8 Å². The van der Waals surface area contributed by atoms with Crippen LogP contribution in [0.4, 0.5) is 22.0 Å². The second-order valence-electron chi connectivity index (χ2n) is 11.5. The number of thioether (sulfide) groups is 1. The number of pyridine rings is 2. The number of hydrogen-bond donors (Lipinski definition) is 2. The van der Waals surface area contributed by atoms with Crippen LogP contribution >= 0.6 is 11.8 Å². The molecule has 0 aliphatic carbocycles. The van der Waals surface area contributed by atoms with Crippen LogP contribution < -0.4 is 14.2 Å². The molecule has 4 aromatic rings. The maximum Gasteiger partial charge on any atom is 0.303 e. The molecule has 0 aliphatic rings. The average Bonchev–Trinajstić information content (AvgIpc) is 3.09. The van der Waals surface area contributed by atoms with Crippen molar-refractivity contribution in [1.82, 2.24) is 9.97 Å². The van der Waals surface area contributed by atoms with Gasteiger partial charge < -0.3 is 24.4 Å². The summed E-state index contributed by atoms with van der Waals surface area (Å²) in [5, 5.41) is 17.8. The molecule has 0 aliphatic heterocycles. The Morgan fingerprint density at radius 3 is 1.69 bits per heavy atom. The third-order valence-electron chi connectivity index (χ3n) is 6.97. The van der Waals surface area contributed by atoms with Gasteiger partial charge in [-0.25, -0.2) is 31.9 Å². The second-order valence-corrected chi connectivity index (χ2v) is 12.6. The molecule has 2 aromatic heterocycles. The summed E-state index contributed by atoms with van der Waals surface area (Å²) < 4.78 is 84.5. The van der Waals surface area contributed by atoms with Gasteiger partial charge >= 0.3 is 11.9 Å². The van der Waals surface area contributed by atoms with E-state index in [1.165, 1.54) is 18.3 Å². The van der Waals surface area contributed by atoms with Crippen molar-refractivity contribution in [2.24, 2.45) is 5.92 Å². The molecule has 0 bridgehead atoms. The van der Waals surface area contributed by atoms with E-state index in [1.54, 1.807) is 42.2 Å². The molecule has 0 spiro atoms. The highest BCUT2D eigenvalue weighted by atomic mass is 32.2. The fraction of sp³-hybridized carbons (Fsp3) is 0.351. The monoisotopic (exact) mass is 750 g/mol. The largest absolute Gasteiger partial charge is 0.488 e. The summed E-state index contributed by atoms with van der Waals surface area (Å²) in [5.41, 5.74) is 1.53. The molecule has 0 unspecified atom stereocenters. The number of ether oxygens (including phenoxy) is 3. The molecule has 0 fully saturated rings. The topological polar surface area (TPSA) is 128 Å². The van der Waals surface area contributed by atoms with Crippen molar-refractivity contribution in [1.29, 1.82) is 0 Å². The molecule has 280 valence electrons. The summed E-state index contributed by atoms with van der Waals surface area (Å²) in [6.07, 6.45) is 4.12. The fourth-order valence-corrected chi connectivity index (χ4v) is 5.74. The normalized spacial score (nSPS) is 10.8. The van der Waals surface area contributed by atoms with Crippen molar-refractivity contribution in [3.63, 3.8) is 0 Å². The maximum absolute atomic E-state index is 14.4. The van der Waals surface area contributed by atoms with Crippen LogP contribution in [0, 0.1) is 29.2 Å². The highest BCUT2D eigenvalue weighted by molar-refractivity contribution is 7.99.